The molecule has 3 nitrogen and oxygen atoms in total. The molecule has 0 spiro atoms. The quantitative estimate of drug-likeness (QED) is 0.547. The number of fused-ring (bicyclic) bond motifs is 1. The van der Waals surface area contributed by atoms with E-state index < -0.39 is 23.2 Å². The molecular weight excluding hydrogens is 348 g/mol. The van der Waals surface area contributed by atoms with Gasteiger partial charge in [0, 0.05) is 30.1 Å². The molecule has 1 aliphatic rings. The molecule has 0 saturated carbocycles. The second-order valence-corrected chi connectivity index (χ2v) is 7.62. The molecule has 0 N–H and O–H groups in total. The average Bonchev–Trinajstić information content (AvgIpc) is 2.53. The molecule has 0 bridgehead atoms. The van der Waals surface area contributed by atoms with Crippen LogP contribution >= 0.6 is 0 Å². The number of piperidine rings is 1. The first-order valence-electron chi connectivity index (χ1n) is 8.64. The minimum Gasteiger partial charge on any atom is -0.489 e. The monoisotopic (exact) mass is 370 g/mol. The Kier molecular flexibility index (Phi) is 4.86. The van der Waals surface area contributed by atoms with Gasteiger partial charge in [-0.25, -0.2) is 4.98 Å². The summed E-state index contributed by atoms with van der Waals surface area (Å²) in [4.78, 5) is 5.80. The van der Waals surface area contributed by atoms with Crippen molar-refractivity contribution in [2.45, 2.75) is 51.4 Å². The number of benzene rings is 1. The molecule has 1 aromatic heterocycles. The lowest BCUT2D eigenvalue weighted by Crippen LogP contribution is -2.48. The van der Waals surface area contributed by atoms with E-state index in [0.29, 0.717) is 0 Å². The SMILES string of the molecule is CC(C)(C)N1CCC(Oc2cc(F)nc3c(C(F)(F)F)cccc23)CC1. The van der Waals surface area contributed by atoms with Crippen LogP contribution in [-0.4, -0.2) is 34.6 Å². The van der Waals surface area contributed by atoms with Gasteiger partial charge in [0.15, 0.2) is 0 Å². The first-order valence-corrected chi connectivity index (χ1v) is 8.64. The van der Waals surface area contributed by atoms with Crippen molar-refractivity contribution in [2.24, 2.45) is 0 Å². The molecule has 142 valence electrons. The third-order valence-corrected chi connectivity index (χ3v) is 4.76. The van der Waals surface area contributed by atoms with Crippen molar-refractivity contribution >= 4 is 10.9 Å². The van der Waals surface area contributed by atoms with E-state index in [2.05, 4.69) is 30.7 Å². The lowest BCUT2D eigenvalue weighted by Gasteiger charge is -2.40. The van der Waals surface area contributed by atoms with Crippen LogP contribution in [0.5, 0.6) is 5.75 Å². The summed E-state index contributed by atoms with van der Waals surface area (Å²) in [7, 11) is 0. The molecule has 1 aromatic carbocycles. The van der Waals surface area contributed by atoms with E-state index in [9.17, 15) is 17.6 Å². The van der Waals surface area contributed by atoms with Crippen LogP contribution in [-0.2, 0) is 6.18 Å². The van der Waals surface area contributed by atoms with Crippen LogP contribution in [0.1, 0.15) is 39.2 Å². The average molecular weight is 370 g/mol. The number of para-hydroxylation sites is 1. The standard InChI is InChI=1S/C19H22F4N2O/c1-18(2,3)25-9-7-12(8-10-25)26-15-11-16(20)24-17-13(15)5-4-6-14(17)19(21,22)23/h4-6,11-12H,7-10H2,1-3H3. The molecule has 0 unspecified atom stereocenters. The number of halogens is 4. The topological polar surface area (TPSA) is 25.4 Å². The highest BCUT2D eigenvalue weighted by molar-refractivity contribution is 5.87. The van der Waals surface area contributed by atoms with Gasteiger partial charge in [-0.2, -0.15) is 17.6 Å². The van der Waals surface area contributed by atoms with Gasteiger partial charge < -0.3 is 4.74 Å². The molecule has 0 atom stereocenters. The fourth-order valence-corrected chi connectivity index (χ4v) is 3.34. The summed E-state index contributed by atoms with van der Waals surface area (Å²) in [5, 5.41) is 0.180. The van der Waals surface area contributed by atoms with Crippen molar-refractivity contribution in [1.29, 1.82) is 0 Å². The minimum absolute atomic E-state index is 0.0576. The second kappa shape index (κ2) is 6.68. The summed E-state index contributed by atoms with van der Waals surface area (Å²) in [5.74, 6) is -0.857. The molecule has 1 aliphatic heterocycles. The van der Waals surface area contributed by atoms with Crippen LogP contribution in [0.3, 0.4) is 0 Å². The van der Waals surface area contributed by atoms with E-state index in [-0.39, 0.29) is 22.8 Å². The molecule has 1 saturated heterocycles. The van der Waals surface area contributed by atoms with Crippen molar-refractivity contribution in [3.05, 3.63) is 35.8 Å². The van der Waals surface area contributed by atoms with Gasteiger partial charge in [-0.1, -0.05) is 6.07 Å². The van der Waals surface area contributed by atoms with Crippen LogP contribution < -0.4 is 4.74 Å². The number of rotatable bonds is 2. The Balaban J connectivity index is 1.88. The third-order valence-electron chi connectivity index (χ3n) is 4.76. The van der Waals surface area contributed by atoms with E-state index in [4.69, 9.17) is 4.74 Å². The van der Waals surface area contributed by atoms with Crippen LogP contribution in [0, 0.1) is 5.95 Å². The fraction of sp³-hybridized carbons (Fsp3) is 0.526. The van der Waals surface area contributed by atoms with Crippen LogP contribution in [0.15, 0.2) is 24.3 Å². The number of alkyl halides is 3. The highest BCUT2D eigenvalue weighted by atomic mass is 19.4. The van der Waals surface area contributed by atoms with Crippen LogP contribution in [0.4, 0.5) is 17.6 Å². The lowest BCUT2D eigenvalue weighted by atomic mass is 9.99. The van der Waals surface area contributed by atoms with Gasteiger partial charge in [0.2, 0.25) is 5.95 Å². The summed E-state index contributed by atoms with van der Waals surface area (Å²) < 4.78 is 59.3. The Morgan fingerprint density at radius 2 is 1.77 bits per heavy atom. The molecule has 0 aliphatic carbocycles. The Labute approximate surface area is 150 Å². The maximum atomic E-state index is 13.9. The van der Waals surface area contributed by atoms with Crippen molar-refractivity contribution in [1.82, 2.24) is 9.88 Å². The first kappa shape index (κ1) is 18.9. The predicted molar refractivity (Wildman–Crippen MR) is 91.7 cm³/mol. The van der Waals surface area contributed by atoms with Gasteiger partial charge in [-0.3, -0.25) is 4.90 Å². The number of hydrogen-bond donors (Lipinski definition) is 0. The first-order chi connectivity index (χ1) is 12.1. The predicted octanol–water partition coefficient (Wildman–Crippen LogP) is 5.03. The van der Waals surface area contributed by atoms with Gasteiger partial charge in [-0.05, 0) is 45.7 Å². The van der Waals surface area contributed by atoms with E-state index in [1.165, 1.54) is 12.1 Å². The zero-order valence-corrected chi connectivity index (χ0v) is 15.0. The normalized spacial score (nSPS) is 17.7. The second-order valence-electron chi connectivity index (χ2n) is 7.62. The summed E-state index contributed by atoms with van der Waals surface area (Å²) in [6.07, 6.45) is -3.29. The Morgan fingerprint density at radius 3 is 2.35 bits per heavy atom. The summed E-state index contributed by atoms with van der Waals surface area (Å²) in [6, 6.07) is 4.75. The lowest BCUT2D eigenvalue weighted by molar-refractivity contribution is -0.136. The minimum atomic E-state index is -4.60. The highest BCUT2D eigenvalue weighted by Crippen LogP contribution is 2.37. The number of nitrogens with zero attached hydrogens (tertiary/aromatic N) is 2. The molecule has 1 fully saturated rings. The largest absolute Gasteiger partial charge is 0.489 e. The summed E-state index contributed by atoms with van der Waals surface area (Å²) in [6.45, 7) is 8.07. The maximum absolute atomic E-state index is 13.9. The van der Waals surface area contributed by atoms with Crippen molar-refractivity contribution in [3.63, 3.8) is 0 Å². The van der Waals surface area contributed by atoms with Crippen LogP contribution in [0.2, 0.25) is 0 Å². The van der Waals surface area contributed by atoms with E-state index in [1.807, 2.05) is 0 Å². The third kappa shape index (κ3) is 3.92. The number of pyridine rings is 1. The van der Waals surface area contributed by atoms with E-state index in [0.717, 1.165) is 38.1 Å². The van der Waals surface area contributed by atoms with Crippen molar-refractivity contribution in [3.8, 4) is 5.75 Å². The van der Waals surface area contributed by atoms with E-state index >= 15 is 0 Å². The molecule has 26 heavy (non-hydrogen) atoms. The van der Waals surface area contributed by atoms with Crippen LogP contribution in [0.25, 0.3) is 10.9 Å². The van der Waals surface area contributed by atoms with Gasteiger partial charge in [0.25, 0.3) is 0 Å². The van der Waals surface area contributed by atoms with Gasteiger partial charge in [0.1, 0.15) is 11.9 Å². The molecule has 7 heteroatoms. The molecule has 3 rings (SSSR count). The Bertz CT molecular complexity index is 790. The summed E-state index contributed by atoms with van der Waals surface area (Å²) >= 11 is 0. The number of likely N-dealkylation sites (tertiary alicyclic amines) is 1. The maximum Gasteiger partial charge on any atom is 0.418 e. The highest BCUT2D eigenvalue weighted by Gasteiger charge is 2.34. The van der Waals surface area contributed by atoms with Crippen molar-refractivity contribution < 1.29 is 22.3 Å². The summed E-state index contributed by atoms with van der Waals surface area (Å²) in [5.41, 5.74) is -1.31. The number of ether oxygens (including phenoxy) is 1. The fourth-order valence-electron chi connectivity index (χ4n) is 3.34. The van der Waals surface area contributed by atoms with Crippen molar-refractivity contribution in [2.75, 3.05) is 13.1 Å². The zero-order chi connectivity index (χ0) is 19.1. The molecular formula is C19H22F4N2O. The molecule has 0 amide bonds. The number of hydrogen-bond acceptors (Lipinski definition) is 3. The molecule has 2 aromatic rings. The number of aromatic nitrogens is 1. The Morgan fingerprint density at radius 1 is 1.12 bits per heavy atom. The molecule has 0 radical (unpaired) electrons. The van der Waals surface area contributed by atoms with Gasteiger partial charge in [-0.15, -0.1) is 0 Å². The Hall–Kier alpha value is -1.89. The van der Waals surface area contributed by atoms with Gasteiger partial charge in [0.05, 0.1) is 11.1 Å². The van der Waals surface area contributed by atoms with E-state index in [1.54, 1.807) is 0 Å². The molecule has 2 heterocycles. The van der Waals surface area contributed by atoms with Gasteiger partial charge >= 0.3 is 6.18 Å². The smallest absolute Gasteiger partial charge is 0.418 e. The zero-order valence-electron chi connectivity index (χ0n) is 15.0.